The van der Waals surface area contributed by atoms with Crippen LogP contribution in [-0.2, 0) is 11.2 Å². The minimum atomic E-state index is -0.341. The topological polar surface area (TPSA) is 29.5 Å². The van der Waals surface area contributed by atoms with Crippen molar-refractivity contribution in [3.63, 3.8) is 0 Å². The first kappa shape index (κ1) is 11.4. The number of aliphatic hydroxyl groups is 1. The smallest absolute Gasteiger partial charge is 0.0873 e. The molecule has 1 heterocycles. The molecule has 1 aliphatic rings. The van der Waals surface area contributed by atoms with Gasteiger partial charge >= 0.3 is 0 Å². The van der Waals surface area contributed by atoms with E-state index in [-0.39, 0.29) is 18.3 Å². The molecule has 0 saturated carbocycles. The molecule has 0 unspecified atom stereocenters. The normalized spacial score (nSPS) is 29.2. The third-order valence-electron chi connectivity index (χ3n) is 3.01. The zero-order chi connectivity index (χ0) is 11.4. The first-order chi connectivity index (χ1) is 7.79. The monoisotopic (exact) mass is 218 g/mol. The molecule has 2 nitrogen and oxygen atoms in total. The molecule has 1 fully saturated rings. The lowest BCUT2D eigenvalue weighted by Crippen LogP contribution is -2.19. The van der Waals surface area contributed by atoms with Gasteiger partial charge in [-0.25, -0.2) is 0 Å². The summed E-state index contributed by atoms with van der Waals surface area (Å²) < 4.78 is 5.80. The minimum Gasteiger partial charge on any atom is -0.390 e. The fraction of sp³-hybridized carbons (Fsp3) is 0.429. The summed E-state index contributed by atoms with van der Waals surface area (Å²) in [5, 5.41) is 9.80. The van der Waals surface area contributed by atoms with Crippen molar-refractivity contribution in [1.29, 1.82) is 0 Å². The van der Waals surface area contributed by atoms with Crippen molar-refractivity contribution in [1.82, 2.24) is 0 Å². The first-order valence-electron chi connectivity index (χ1n) is 5.78. The Labute approximate surface area is 96.6 Å². The second kappa shape index (κ2) is 5.28. The fourth-order valence-electron chi connectivity index (χ4n) is 2.20. The van der Waals surface area contributed by atoms with Gasteiger partial charge in [0.25, 0.3) is 0 Å². The van der Waals surface area contributed by atoms with Crippen molar-refractivity contribution in [2.75, 3.05) is 0 Å². The second-order valence-electron chi connectivity index (χ2n) is 4.31. The van der Waals surface area contributed by atoms with Crippen molar-refractivity contribution in [3.05, 3.63) is 48.6 Å². The third kappa shape index (κ3) is 2.71. The maximum Gasteiger partial charge on any atom is 0.0873 e. The van der Waals surface area contributed by atoms with E-state index < -0.39 is 0 Å². The number of benzene rings is 1. The number of hydrogen-bond donors (Lipinski definition) is 1. The van der Waals surface area contributed by atoms with Gasteiger partial charge in [0.1, 0.15) is 0 Å². The van der Waals surface area contributed by atoms with Gasteiger partial charge in [-0.1, -0.05) is 36.4 Å². The molecule has 1 saturated heterocycles. The van der Waals surface area contributed by atoms with Crippen LogP contribution < -0.4 is 0 Å². The predicted octanol–water partition coefficient (Wildman–Crippen LogP) is 2.32. The Morgan fingerprint density at radius 3 is 2.81 bits per heavy atom. The molecule has 0 amide bonds. The van der Waals surface area contributed by atoms with E-state index in [2.05, 4.69) is 18.7 Å². The van der Waals surface area contributed by atoms with Crippen LogP contribution >= 0.6 is 0 Å². The molecule has 0 bridgehead atoms. The average molecular weight is 218 g/mol. The molecule has 0 radical (unpaired) electrons. The van der Waals surface area contributed by atoms with E-state index in [1.807, 2.05) is 18.2 Å². The number of ether oxygens (including phenoxy) is 1. The van der Waals surface area contributed by atoms with E-state index in [4.69, 9.17) is 4.74 Å². The Hall–Kier alpha value is -1.12. The van der Waals surface area contributed by atoms with Crippen LogP contribution in [0.25, 0.3) is 0 Å². The highest BCUT2D eigenvalue weighted by Crippen LogP contribution is 2.25. The third-order valence-corrected chi connectivity index (χ3v) is 3.01. The first-order valence-corrected chi connectivity index (χ1v) is 5.78. The van der Waals surface area contributed by atoms with Crippen LogP contribution in [-0.4, -0.2) is 23.4 Å². The average Bonchev–Trinajstić information content (AvgIpc) is 2.61. The van der Waals surface area contributed by atoms with Gasteiger partial charge in [0.2, 0.25) is 0 Å². The van der Waals surface area contributed by atoms with Gasteiger partial charge in [-0.2, -0.15) is 0 Å². The van der Waals surface area contributed by atoms with E-state index in [0.717, 1.165) is 19.3 Å². The summed E-state index contributed by atoms with van der Waals surface area (Å²) >= 11 is 0. The highest BCUT2D eigenvalue weighted by molar-refractivity contribution is 5.16. The minimum absolute atomic E-state index is 0.0637. The summed E-state index contributed by atoms with van der Waals surface area (Å²) in [5.41, 5.74) is 1.26. The van der Waals surface area contributed by atoms with Crippen LogP contribution in [0, 0.1) is 0 Å². The zero-order valence-corrected chi connectivity index (χ0v) is 9.38. The Morgan fingerprint density at radius 1 is 1.38 bits per heavy atom. The molecule has 2 rings (SSSR count). The van der Waals surface area contributed by atoms with Crippen LogP contribution in [0.3, 0.4) is 0 Å². The molecule has 1 N–H and O–H groups in total. The molecule has 0 aromatic heterocycles. The van der Waals surface area contributed by atoms with Gasteiger partial charge in [0.15, 0.2) is 0 Å². The van der Waals surface area contributed by atoms with Gasteiger partial charge in [-0.05, 0) is 18.4 Å². The summed E-state index contributed by atoms with van der Waals surface area (Å²) in [7, 11) is 0. The highest BCUT2D eigenvalue weighted by Gasteiger charge is 2.32. The lowest BCUT2D eigenvalue weighted by atomic mass is 10.0. The molecule has 3 atom stereocenters. The van der Waals surface area contributed by atoms with Crippen LogP contribution in [0.1, 0.15) is 18.4 Å². The summed E-state index contributed by atoms with van der Waals surface area (Å²) in [6.07, 6.45) is 3.88. The molecule has 1 aliphatic heterocycles. The van der Waals surface area contributed by atoms with Gasteiger partial charge in [-0.3, -0.25) is 0 Å². The maximum atomic E-state index is 9.80. The predicted molar refractivity (Wildman–Crippen MR) is 64.2 cm³/mol. The highest BCUT2D eigenvalue weighted by atomic mass is 16.5. The van der Waals surface area contributed by atoms with Crippen molar-refractivity contribution < 1.29 is 9.84 Å². The van der Waals surface area contributed by atoms with E-state index >= 15 is 0 Å². The molecule has 1 aromatic carbocycles. The molecular formula is C14H18O2. The van der Waals surface area contributed by atoms with Gasteiger partial charge in [-0.15, -0.1) is 6.58 Å². The summed E-state index contributed by atoms with van der Waals surface area (Å²) in [4.78, 5) is 0. The van der Waals surface area contributed by atoms with Crippen molar-refractivity contribution in [2.24, 2.45) is 0 Å². The summed E-state index contributed by atoms with van der Waals surface area (Å²) in [6.45, 7) is 3.68. The van der Waals surface area contributed by atoms with E-state index in [0.29, 0.717) is 0 Å². The molecule has 86 valence electrons. The largest absolute Gasteiger partial charge is 0.390 e. The number of aliphatic hydroxyl groups excluding tert-OH is 1. The fourth-order valence-corrected chi connectivity index (χ4v) is 2.20. The van der Waals surface area contributed by atoms with Crippen molar-refractivity contribution >= 4 is 0 Å². The van der Waals surface area contributed by atoms with Gasteiger partial charge in [0, 0.05) is 6.42 Å². The Morgan fingerprint density at radius 2 is 2.12 bits per heavy atom. The Kier molecular flexibility index (Phi) is 3.75. The lowest BCUT2D eigenvalue weighted by Gasteiger charge is -2.12. The quantitative estimate of drug-likeness (QED) is 0.786. The van der Waals surface area contributed by atoms with Crippen LogP contribution in [0.2, 0.25) is 0 Å². The van der Waals surface area contributed by atoms with Crippen LogP contribution in [0.4, 0.5) is 0 Å². The molecule has 2 heteroatoms. The van der Waals surface area contributed by atoms with Crippen LogP contribution in [0.15, 0.2) is 43.0 Å². The number of hydrogen-bond acceptors (Lipinski definition) is 2. The molecule has 1 aromatic rings. The molecular weight excluding hydrogens is 200 g/mol. The maximum absolute atomic E-state index is 9.80. The van der Waals surface area contributed by atoms with E-state index in [9.17, 15) is 5.11 Å². The standard InChI is InChI=1S/C14H18O2/c1-2-6-14-13(15)10-12(16-14)9-11-7-4-3-5-8-11/h2-5,7-8,12-15H,1,6,9-10H2/t12-,13-,14-/m1/s1. The second-order valence-corrected chi connectivity index (χ2v) is 4.31. The zero-order valence-electron chi connectivity index (χ0n) is 9.38. The lowest BCUT2D eigenvalue weighted by molar-refractivity contribution is 0.0129. The van der Waals surface area contributed by atoms with Crippen LogP contribution in [0.5, 0.6) is 0 Å². The summed E-state index contributed by atoms with van der Waals surface area (Å²) in [6, 6.07) is 10.3. The van der Waals surface area contributed by atoms with E-state index in [1.165, 1.54) is 5.56 Å². The Balaban J connectivity index is 1.91. The van der Waals surface area contributed by atoms with E-state index in [1.54, 1.807) is 6.08 Å². The van der Waals surface area contributed by atoms with Crippen molar-refractivity contribution in [3.8, 4) is 0 Å². The molecule has 0 aliphatic carbocycles. The summed E-state index contributed by atoms with van der Waals surface area (Å²) in [5.74, 6) is 0. The molecule has 16 heavy (non-hydrogen) atoms. The SMILES string of the molecule is C=CC[C@H]1O[C@H](Cc2ccccc2)C[C@H]1O. The van der Waals surface area contributed by atoms with Gasteiger partial charge < -0.3 is 9.84 Å². The number of rotatable bonds is 4. The van der Waals surface area contributed by atoms with Crippen molar-refractivity contribution in [2.45, 2.75) is 37.6 Å². The van der Waals surface area contributed by atoms with Gasteiger partial charge in [0.05, 0.1) is 18.3 Å². The Bertz CT molecular complexity index is 334. The molecule has 0 spiro atoms.